The van der Waals surface area contributed by atoms with Crippen LogP contribution in [0.3, 0.4) is 0 Å². The first-order chi connectivity index (χ1) is 16.5. The van der Waals surface area contributed by atoms with Crippen LogP contribution in [0.25, 0.3) is 28.3 Å². The van der Waals surface area contributed by atoms with Crippen LogP contribution in [0.4, 0.5) is 0 Å². The Morgan fingerprint density at radius 3 is 1.81 bits per heavy atom. The Bertz CT molecular complexity index is 1060. The van der Waals surface area contributed by atoms with Gasteiger partial charge >= 0.3 is 0 Å². The first kappa shape index (κ1) is 21.3. The molecule has 0 fully saturated rings. The summed E-state index contributed by atoms with van der Waals surface area (Å²) in [6.07, 6.45) is 11.3. The molecule has 0 aliphatic carbocycles. The molecule has 0 unspecified atom stereocenters. The van der Waals surface area contributed by atoms with Crippen molar-refractivity contribution in [3.63, 3.8) is 0 Å². The smallest absolute Gasteiger partial charge is 0.0626 e. The molecule has 3 rings (SSSR count). The highest BCUT2D eigenvalue weighted by Gasteiger charge is 2.17. The van der Waals surface area contributed by atoms with Gasteiger partial charge in [-0.05, 0) is 65.6 Å². The number of aryl methyl sites for hydroxylation is 2. The number of benzene rings is 3. The highest BCUT2D eigenvalue weighted by molar-refractivity contribution is 5.92. The van der Waals surface area contributed by atoms with Crippen LogP contribution >= 0.6 is 0 Å². The minimum absolute atomic E-state index is 0.317. The van der Waals surface area contributed by atoms with E-state index in [1.54, 1.807) is 6.92 Å². The van der Waals surface area contributed by atoms with Crippen molar-refractivity contribution < 1.29 is 2.74 Å². The van der Waals surface area contributed by atoms with Gasteiger partial charge in [-0.25, -0.2) is 0 Å². The number of hydrogen-bond donors (Lipinski definition) is 0. The Balaban J connectivity index is 2.02. The Morgan fingerprint density at radius 2 is 1.25 bits per heavy atom. The van der Waals surface area contributed by atoms with E-state index in [0.29, 0.717) is 12.1 Å². The van der Waals surface area contributed by atoms with Gasteiger partial charge in [0.25, 0.3) is 0 Å². The third kappa shape index (κ3) is 6.45. The number of unbranched alkanes of at least 4 members (excludes halogenated alkanes) is 7. The fourth-order valence-corrected chi connectivity index (χ4v) is 4.67. The standard InChI is InChI=1S/C32H40/c1-4-6-7-8-9-10-11-14-24-29-25-26(3)31(27-20-15-12-16-21-27)32(30(29)19-5-2)28-22-17-13-18-23-28/h5,12-13,15-23,25H,4,6-11,14,24H2,1-3H3/b19-5+/i5D,19D. The molecule has 32 heavy (non-hydrogen) atoms. The van der Waals surface area contributed by atoms with Gasteiger partial charge in [0.05, 0.1) is 2.74 Å². The highest BCUT2D eigenvalue weighted by atomic mass is 14.2. The molecule has 0 atom stereocenters. The SMILES string of the molecule is [2H]/C(C)=C(/[2H])c1c(CCCCCCCCCC)cc(C)c(-c2ccccc2)c1-c1ccccc1. The molecule has 0 saturated carbocycles. The molecule has 0 aromatic heterocycles. The molecule has 0 amide bonds. The molecule has 0 bridgehead atoms. The van der Waals surface area contributed by atoms with Crippen molar-refractivity contribution in [2.75, 3.05) is 0 Å². The zero-order valence-electron chi connectivity index (χ0n) is 22.2. The Kier molecular flexibility index (Phi) is 8.68. The van der Waals surface area contributed by atoms with Gasteiger partial charge in [-0.3, -0.25) is 0 Å². The Labute approximate surface area is 199 Å². The molecule has 3 aromatic rings. The third-order valence-corrected chi connectivity index (χ3v) is 6.28. The fraction of sp³-hybridized carbons (Fsp3) is 0.375. The van der Waals surface area contributed by atoms with Crippen LogP contribution in [0, 0.1) is 6.92 Å². The van der Waals surface area contributed by atoms with Gasteiger partial charge in [0, 0.05) is 0 Å². The van der Waals surface area contributed by atoms with Crippen molar-refractivity contribution in [1.82, 2.24) is 0 Å². The summed E-state index contributed by atoms with van der Waals surface area (Å²) in [5.74, 6) is 0. The van der Waals surface area contributed by atoms with Gasteiger partial charge in [-0.15, -0.1) is 0 Å². The lowest BCUT2D eigenvalue weighted by Gasteiger charge is -2.21. The zero-order valence-corrected chi connectivity index (χ0v) is 20.2. The van der Waals surface area contributed by atoms with Crippen molar-refractivity contribution in [3.8, 4) is 22.3 Å². The molecule has 3 aromatic carbocycles. The summed E-state index contributed by atoms with van der Waals surface area (Å²) < 4.78 is 17.3. The summed E-state index contributed by atoms with van der Waals surface area (Å²) in [5, 5.41) is 0. The molecular weight excluding hydrogens is 384 g/mol. The number of rotatable bonds is 12. The quantitative estimate of drug-likeness (QED) is 0.253. The molecule has 0 heteroatoms. The maximum Gasteiger partial charge on any atom is 0.0626 e. The summed E-state index contributed by atoms with van der Waals surface area (Å²) >= 11 is 0. The molecule has 168 valence electrons. The number of hydrogen-bond acceptors (Lipinski definition) is 0. The van der Waals surface area contributed by atoms with Gasteiger partial charge in [0.1, 0.15) is 0 Å². The topological polar surface area (TPSA) is 0 Å². The molecule has 0 spiro atoms. The van der Waals surface area contributed by atoms with Crippen molar-refractivity contribution >= 4 is 6.05 Å². The molecule has 0 heterocycles. The van der Waals surface area contributed by atoms with E-state index in [0.717, 1.165) is 35.1 Å². The molecule has 0 N–H and O–H groups in total. The first-order valence-electron chi connectivity index (χ1n) is 13.5. The Hall–Kier alpha value is -2.60. The van der Waals surface area contributed by atoms with E-state index < -0.39 is 0 Å². The second-order valence-corrected chi connectivity index (χ2v) is 8.81. The van der Waals surface area contributed by atoms with Crippen molar-refractivity contribution in [1.29, 1.82) is 0 Å². The molecule has 0 aliphatic heterocycles. The van der Waals surface area contributed by atoms with Crippen molar-refractivity contribution in [2.45, 2.75) is 78.6 Å². The van der Waals surface area contributed by atoms with Crippen LogP contribution in [-0.4, -0.2) is 0 Å². The molecular formula is C32H40. The normalized spacial score (nSPS) is 12.8. The second kappa shape index (κ2) is 13.1. The summed E-state index contributed by atoms with van der Waals surface area (Å²) in [5.41, 5.74) is 7.92. The molecule has 0 radical (unpaired) electrons. The van der Waals surface area contributed by atoms with E-state index in [-0.39, 0.29) is 0 Å². The summed E-state index contributed by atoms with van der Waals surface area (Å²) in [6, 6.07) is 23.9. The minimum Gasteiger partial charge on any atom is -0.0870 e. The van der Waals surface area contributed by atoms with Crippen LogP contribution in [0.1, 0.15) is 84.6 Å². The third-order valence-electron chi connectivity index (χ3n) is 6.28. The zero-order chi connectivity index (χ0) is 24.3. The largest absolute Gasteiger partial charge is 0.0870 e. The van der Waals surface area contributed by atoms with Gasteiger partial charge in [0.15, 0.2) is 0 Å². The Morgan fingerprint density at radius 1 is 0.719 bits per heavy atom. The van der Waals surface area contributed by atoms with Gasteiger partial charge in [0.2, 0.25) is 0 Å². The average molecular weight is 427 g/mol. The summed E-state index contributed by atoms with van der Waals surface area (Å²) in [4.78, 5) is 0. The molecule has 0 nitrogen and oxygen atoms in total. The van der Waals surface area contributed by atoms with Crippen LogP contribution in [0.2, 0.25) is 0 Å². The monoisotopic (exact) mass is 426 g/mol. The maximum atomic E-state index is 8.93. The number of allylic oxidation sites excluding steroid dienone is 1. The predicted molar refractivity (Wildman–Crippen MR) is 143 cm³/mol. The molecule has 0 aliphatic rings. The summed E-state index contributed by atoms with van der Waals surface area (Å²) in [6.45, 7) is 6.19. The maximum absolute atomic E-state index is 8.93. The lowest BCUT2D eigenvalue weighted by atomic mass is 9.83. The lowest BCUT2D eigenvalue weighted by Crippen LogP contribution is -2.00. The van der Waals surface area contributed by atoms with E-state index in [9.17, 15) is 0 Å². The average Bonchev–Trinajstić information content (AvgIpc) is 2.85. The van der Waals surface area contributed by atoms with E-state index in [1.807, 2.05) is 12.1 Å². The van der Waals surface area contributed by atoms with Crippen LogP contribution in [0.5, 0.6) is 0 Å². The molecule has 0 saturated heterocycles. The van der Waals surface area contributed by atoms with E-state index in [4.69, 9.17) is 2.74 Å². The minimum atomic E-state index is 0.317. The van der Waals surface area contributed by atoms with Crippen LogP contribution in [0.15, 0.2) is 72.8 Å². The van der Waals surface area contributed by atoms with E-state index >= 15 is 0 Å². The van der Waals surface area contributed by atoms with Crippen LogP contribution in [-0.2, 0) is 6.42 Å². The fourth-order valence-electron chi connectivity index (χ4n) is 4.67. The summed E-state index contributed by atoms with van der Waals surface area (Å²) in [7, 11) is 0. The van der Waals surface area contributed by atoms with Crippen LogP contribution < -0.4 is 0 Å². The second-order valence-electron chi connectivity index (χ2n) is 8.81. The highest BCUT2D eigenvalue weighted by Crippen LogP contribution is 2.40. The lowest BCUT2D eigenvalue weighted by molar-refractivity contribution is 0.575. The first-order valence-corrected chi connectivity index (χ1v) is 12.5. The van der Waals surface area contributed by atoms with Crippen molar-refractivity contribution in [3.05, 3.63) is 89.5 Å². The van der Waals surface area contributed by atoms with Gasteiger partial charge in [-0.1, -0.05) is 131 Å². The van der Waals surface area contributed by atoms with E-state index in [2.05, 4.69) is 68.4 Å². The van der Waals surface area contributed by atoms with Gasteiger partial charge in [-0.2, -0.15) is 0 Å². The van der Waals surface area contributed by atoms with E-state index in [1.165, 1.54) is 61.6 Å². The van der Waals surface area contributed by atoms with Crippen molar-refractivity contribution in [2.24, 2.45) is 0 Å². The van der Waals surface area contributed by atoms with Gasteiger partial charge < -0.3 is 0 Å². The predicted octanol–water partition coefficient (Wildman–Crippen LogP) is 10.0.